The van der Waals surface area contributed by atoms with Gasteiger partial charge in [0.2, 0.25) is 0 Å². The van der Waals surface area contributed by atoms with Crippen LogP contribution in [-0.4, -0.2) is 26.0 Å². The minimum atomic E-state index is -0.384. The Bertz CT molecular complexity index is 1100. The summed E-state index contributed by atoms with van der Waals surface area (Å²) in [6.45, 7) is 0. The first-order valence-electron chi connectivity index (χ1n) is 7.01. The van der Waals surface area contributed by atoms with E-state index in [-0.39, 0.29) is 5.69 Å². The third-order valence-corrected chi connectivity index (χ3v) is 3.96. The lowest BCUT2D eigenvalue weighted by Gasteiger charge is -2.14. The minimum Gasteiger partial charge on any atom is -0.372 e. The molecule has 0 saturated carbocycles. The number of anilines is 1. The lowest BCUT2D eigenvalue weighted by atomic mass is 10.2. The Balaban J connectivity index is 2.19. The van der Waals surface area contributed by atoms with Crippen LogP contribution in [0.5, 0.6) is 0 Å². The van der Waals surface area contributed by atoms with Crippen molar-refractivity contribution in [1.29, 1.82) is 0 Å². The van der Waals surface area contributed by atoms with Gasteiger partial charge in [-0.1, -0.05) is 17.7 Å². The van der Waals surface area contributed by atoms with Gasteiger partial charge in [0.25, 0.3) is 0 Å². The van der Waals surface area contributed by atoms with Gasteiger partial charge in [0.05, 0.1) is 5.52 Å². The molecule has 0 atom stereocenters. The van der Waals surface area contributed by atoms with E-state index in [1.807, 2.05) is 28.7 Å². The number of nitrogens with one attached hydrogen (secondary N) is 1. The minimum absolute atomic E-state index is 0.384. The molecule has 1 aromatic carbocycles. The van der Waals surface area contributed by atoms with Crippen molar-refractivity contribution >= 4 is 34.0 Å². The fourth-order valence-electron chi connectivity index (χ4n) is 2.73. The smallest absolute Gasteiger partial charge is 0.355 e. The molecule has 4 aromatic rings. The molecule has 0 aliphatic carbocycles. The largest absolute Gasteiger partial charge is 0.372 e. The Morgan fingerprint density at radius 2 is 2.09 bits per heavy atom. The Morgan fingerprint density at radius 1 is 1.22 bits per heavy atom. The molecule has 0 aliphatic heterocycles. The quantitative estimate of drug-likeness (QED) is 0.615. The van der Waals surface area contributed by atoms with Crippen molar-refractivity contribution < 1.29 is 0 Å². The zero-order valence-corrected chi connectivity index (χ0v) is 12.9. The van der Waals surface area contributed by atoms with Crippen molar-refractivity contribution in [3.8, 4) is 5.82 Å². The fraction of sp³-hybridized carbons (Fsp3) is 0.0625. The van der Waals surface area contributed by atoms with Crippen LogP contribution >= 0.6 is 11.6 Å². The second-order valence-corrected chi connectivity index (χ2v) is 5.47. The van der Waals surface area contributed by atoms with Crippen molar-refractivity contribution in [1.82, 2.24) is 18.9 Å². The molecular formula is C16H12ClN5O. The van der Waals surface area contributed by atoms with Gasteiger partial charge in [-0.15, -0.1) is 0 Å². The molecule has 3 heterocycles. The van der Waals surface area contributed by atoms with E-state index in [0.29, 0.717) is 22.2 Å². The van der Waals surface area contributed by atoms with E-state index in [4.69, 9.17) is 11.6 Å². The zero-order chi connectivity index (χ0) is 16.0. The molecule has 0 aliphatic rings. The molecule has 4 rings (SSSR count). The molecule has 3 aromatic heterocycles. The van der Waals surface area contributed by atoms with Crippen molar-refractivity contribution in [2.45, 2.75) is 0 Å². The van der Waals surface area contributed by atoms with Crippen LogP contribution in [0.25, 0.3) is 22.4 Å². The number of nitrogens with zero attached hydrogens (tertiary/aromatic N) is 4. The van der Waals surface area contributed by atoms with E-state index >= 15 is 0 Å². The number of fused-ring (bicyclic) bond motifs is 2. The highest BCUT2D eigenvalue weighted by atomic mass is 35.5. The third kappa shape index (κ3) is 2.07. The van der Waals surface area contributed by atoms with Crippen LogP contribution in [0.2, 0.25) is 5.02 Å². The SMILES string of the molecule is CNc1nc(=O)n(-c2cccc3nccn23)c2cc(Cl)ccc12. The van der Waals surface area contributed by atoms with Crippen molar-refractivity contribution in [3.05, 3.63) is 64.3 Å². The van der Waals surface area contributed by atoms with Crippen molar-refractivity contribution in [3.63, 3.8) is 0 Å². The van der Waals surface area contributed by atoms with Crippen LogP contribution in [-0.2, 0) is 0 Å². The summed E-state index contributed by atoms with van der Waals surface area (Å²) in [4.78, 5) is 21.0. The number of rotatable bonds is 2. The zero-order valence-electron chi connectivity index (χ0n) is 12.2. The molecule has 0 saturated heterocycles. The van der Waals surface area contributed by atoms with E-state index in [9.17, 15) is 4.79 Å². The summed E-state index contributed by atoms with van der Waals surface area (Å²) in [6, 6.07) is 11.0. The molecule has 0 amide bonds. The first-order valence-corrected chi connectivity index (χ1v) is 7.39. The maximum atomic E-state index is 12.6. The number of hydrogen-bond acceptors (Lipinski definition) is 4. The lowest BCUT2D eigenvalue weighted by Crippen LogP contribution is -2.24. The normalized spacial score (nSPS) is 11.2. The van der Waals surface area contributed by atoms with Crippen LogP contribution in [0.4, 0.5) is 5.82 Å². The highest BCUT2D eigenvalue weighted by Crippen LogP contribution is 2.25. The van der Waals surface area contributed by atoms with Crippen LogP contribution in [0.1, 0.15) is 0 Å². The van der Waals surface area contributed by atoms with Crippen molar-refractivity contribution in [2.75, 3.05) is 12.4 Å². The first kappa shape index (κ1) is 13.8. The summed E-state index contributed by atoms with van der Waals surface area (Å²) in [5.74, 6) is 1.18. The Morgan fingerprint density at radius 3 is 2.91 bits per heavy atom. The molecule has 23 heavy (non-hydrogen) atoms. The molecule has 0 radical (unpaired) electrons. The van der Waals surface area contributed by atoms with Gasteiger partial charge in [-0.25, -0.2) is 14.3 Å². The summed E-state index contributed by atoms with van der Waals surface area (Å²) < 4.78 is 3.37. The van der Waals surface area contributed by atoms with Crippen LogP contribution in [0.15, 0.2) is 53.6 Å². The van der Waals surface area contributed by atoms with Gasteiger partial charge in [0.15, 0.2) is 0 Å². The third-order valence-electron chi connectivity index (χ3n) is 3.73. The van der Waals surface area contributed by atoms with E-state index < -0.39 is 0 Å². The van der Waals surface area contributed by atoms with E-state index in [1.165, 1.54) is 4.57 Å². The van der Waals surface area contributed by atoms with E-state index in [2.05, 4.69) is 15.3 Å². The van der Waals surface area contributed by atoms with Crippen LogP contribution in [0.3, 0.4) is 0 Å². The van der Waals surface area contributed by atoms with E-state index in [1.54, 1.807) is 31.6 Å². The van der Waals surface area contributed by atoms with Gasteiger partial charge in [0, 0.05) is 29.9 Å². The summed E-state index contributed by atoms with van der Waals surface area (Å²) in [6.07, 6.45) is 3.49. The topological polar surface area (TPSA) is 64.2 Å². The maximum Gasteiger partial charge on any atom is 0.355 e. The number of halogens is 1. The molecule has 6 nitrogen and oxygen atoms in total. The molecule has 1 N–H and O–H groups in total. The highest BCUT2D eigenvalue weighted by Gasteiger charge is 2.13. The number of pyridine rings is 1. The Hall–Kier alpha value is -2.86. The molecule has 0 bridgehead atoms. The predicted octanol–water partition coefficient (Wildman–Crippen LogP) is 2.73. The number of benzene rings is 1. The number of aromatic nitrogens is 4. The average molecular weight is 326 g/mol. The van der Waals surface area contributed by atoms with Gasteiger partial charge in [-0.05, 0) is 30.3 Å². The summed E-state index contributed by atoms with van der Waals surface area (Å²) in [7, 11) is 1.73. The summed E-state index contributed by atoms with van der Waals surface area (Å²) in [5, 5.41) is 4.32. The standard InChI is InChI=1S/C16H12ClN5O/c1-18-15-11-6-5-10(17)9-12(11)22(16(23)20-15)14-4-2-3-13-19-7-8-21(13)14/h2-9H,1H3,(H,18,20,23). The molecule has 0 unspecified atom stereocenters. The molecule has 0 spiro atoms. The highest BCUT2D eigenvalue weighted by molar-refractivity contribution is 6.31. The lowest BCUT2D eigenvalue weighted by molar-refractivity contribution is 0.902. The maximum absolute atomic E-state index is 12.6. The van der Waals surface area contributed by atoms with Gasteiger partial charge in [-0.2, -0.15) is 4.98 Å². The average Bonchev–Trinajstić information content (AvgIpc) is 3.03. The molecule has 7 heteroatoms. The van der Waals surface area contributed by atoms with Crippen LogP contribution < -0.4 is 11.0 Å². The van der Waals surface area contributed by atoms with Gasteiger partial charge < -0.3 is 5.32 Å². The molecule has 0 fully saturated rings. The fourth-order valence-corrected chi connectivity index (χ4v) is 2.89. The van der Waals surface area contributed by atoms with Crippen molar-refractivity contribution in [2.24, 2.45) is 0 Å². The van der Waals surface area contributed by atoms with Gasteiger partial charge in [0.1, 0.15) is 17.3 Å². The molecular weight excluding hydrogens is 314 g/mol. The second-order valence-electron chi connectivity index (χ2n) is 5.03. The number of hydrogen-bond donors (Lipinski definition) is 1. The van der Waals surface area contributed by atoms with Crippen LogP contribution in [0, 0.1) is 0 Å². The number of imidazole rings is 1. The Labute approximate surface area is 136 Å². The summed E-state index contributed by atoms with van der Waals surface area (Å²) in [5.41, 5.74) is 1.05. The van der Waals surface area contributed by atoms with Gasteiger partial charge >= 0.3 is 5.69 Å². The van der Waals surface area contributed by atoms with E-state index in [0.717, 1.165) is 11.0 Å². The Kier molecular flexibility index (Phi) is 3.06. The first-order chi connectivity index (χ1) is 11.2. The second kappa shape index (κ2) is 5.10. The van der Waals surface area contributed by atoms with Gasteiger partial charge in [-0.3, -0.25) is 4.40 Å². The molecule has 114 valence electrons. The predicted molar refractivity (Wildman–Crippen MR) is 90.6 cm³/mol. The monoisotopic (exact) mass is 325 g/mol. The summed E-state index contributed by atoms with van der Waals surface area (Å²) >= 11 is 6.15.